The summed E-state index contributed by atoms with van der Waals surface area (Å²) in [5, 5.41) is 1.34. The lowest BCUT2D eigenvalue weighted by Gasteiger charge is -2.33. The predicted molar refractivity (Wildman–Crippen MR) is 92.1 cm³/mol. The van der Waals surface area contributed by atoms with Crippen LogP contribution >= 0.6 is 0 Å². The van der Waals surface area contributed by atoms with Crippen LogP contribution in [0.4, 0.5) is 4.79 Å². The molecule has 0 aromatic rings. The molecule has 0 saturated carbocycles. The quantitative estimate of drug-likeness (QED) is 0.614. The summed E-state index contributed by atoms with van der Waals surface area (Å²) in [5.41, 5.74) is 3.08. The zero-order chi connectivity index (χ0) is 18.7. The minimum atomic E-state index is -0.626. The number of Topliss-reactive ketones (excluding diaryl/α,β-unsaturated/α-hetero) is 2. The van der Waals surface area contributed by atoms with Gasteiger partial charge in [0.25, 0.3) is 0 Å². The molecule has 1 aliphatic carbocycles. The fourth-order valence-corrected chi connectivity index (χ4v) is 2.37. The van der Waals surface area contributed by atoms with E-state index in [0.717, 1.165) is 0 Å². The van der Waals surface area contributed by atoms with E-state index in [9.17, 15) is 14.4 Å². The number of carbonyl (C=O) groups is 3. The Kier molecular flexibility index (Phi) is 6.58. The fraction of sp³-hybridized carbons (Fsp3) is 0.722. The van der Waals surface area contributed by atoms with Crippen molar-refractivity contribution in [1.29, 1.82) is 0 Å². The molecule has 1 aliphatic rings. The molecule has 0 atom stereocenters. The van der Waals surface area contributed by atoms with E-state index in [1.165, 1.54) is 5.01 Å². The fourth-order valence-electron chi connectivity index (χ4n) is 2.37. The van der Waals surface area contributed by atoms with E-state index < -0.39 is 11.7 Å². The van der Waals surface area contributed by atoms with Gasteiger partial charge in [-0.05, 0) is 47.5 Å². The number of hydrazine groups is 1. The molecule has 0 aromatic heterocycles. The second-order valence-electron chi connectivity index (χ2n) is 7.71. The monoisotopic (exact) mass is 338 g/mol. The lowest BCUT2D eigenvalue weighted by molar-refractivity contribution is -0.123. The normalized spacial score (nSPS) is 15.8. The van der Waals surface area contributed by atoms with Crippen LogP contribution in [0.2, 0.25) is 0 Å². The summed E-state index contributed by atoms with van der Waals surface area (Å²) >= 11 is 0. The van der Waals surface area contributed by atoms with Gasteiger partial charge in [0, 0.05) is 18.0 Å². The number of amides is 1. The number of allylic oxidation sites excluding steroid dienone is 2. The number of hydrogen-bond acceptors (Lipinski definition) is 5. The first kappa shape index (κ1) is 20.2. The number of nitrogens with one attached hydrogen (secondary N) is 1. The van der Waals surface area contributed by atoms with Crippen molar-refractivity contribution in [2.75, 3.05) is 0 Å². The summed E-state index contributed by atoms with van der Waals surface area (Å²) in [7, 11) is 0. The van der Waals surface area contributed by atoms with Crippen LogP contribution in [0.15, 0.2) is 11.3 Å². The highest BCUT2D eigenvalue weighted by Gasteiger charge is 2.31. The maximum absolute atomic E-state index is 12.4. The zero-order valence-corrected chi connectivity index (χ0v) is 15.9. The van der Waals surface area contributed by atoms with Crippen molar-refractivity contribution in [2.24, 2.45) is 5.92 Å². The van der Waals surface area contributed by atoms with Crippen molar-refractivity contribution in [2.45, 2.75) is 79.4 Å². The average molecular weight is 338 g/mol. The molecule has 0 bridgehead atoms. The Morgan fingerprint density at radius 3 is 2.17 bits per heavy atom. The van der Waals surface area contributed by atoms with Crippen molar-refractivity contribution in [1.82, 2.24) is 10.4 Å². The lowest BCUT2D eigenvalue weighted by atomic mass is 9.88. The van der Waals surface area contributed by atoms with Crippen LogP contribution in [-0.4, -0.2) is 34.3 Å². The maximum atomic E-state index is 12.4. The highest BCUT2D eigenvalue weighted by atomic mass is 16.6. The van der Waals surface area contributed by atoms with E-state index in [1.54, 1.807) is 34.6 Å². The third-order valence-electron chi connectivity index (χ3n) is 3.54. The maximum Gasteiger partial charge on any atom is 0.429 e. The van der Waals surface area contributed by atoms with Crippen LogP contribution in [0, 0.1) is 5.92 Å². The molecule has 0 heterocycles. The number of ether oxygens (including phenoxy) is 1. The molecule has 1 rings (SSSR count). The van der Waals surface area contributed by atoms with Crippen molar-refractivity contribution >= 4 is 17.7 Å². The van der Waals surface area contributed by atoms with Gasteiger partial charge in [-0.25, -0.2) is 9.80 Å². The van der Waals surface area contributed by atoms with Gasteiger partial charge in [-0.2, -0.15) is 0 Å². The second kappa shape index (κ2) is 7.81. The van der Waals surface area contributed by atoms with Crippen molar-refractivity contribution in [3.63, 3.8) is 0 Å². The van der Waals surface area contributed by atoms with E-state index >= 15 is 0 Å². The lowest BCUT2D eigenvalue weighted by Crippen LogP contribution is -2.50. The molecule has 6 heteroatoms. The first-order valence-corrected chi connectivity index (χ1v) is 8.53. The minimum absolute atomic E-state index is 0.157. The van der Waals surface area contributed by atoms with E-state index in [-0.39, 0.29) is 29.1 Å². The molecule has 1 amide bonds. The first-order valence-electron chi connectivity index (χ1n) is 8.53. The van der Waals surface area contributed by atoms with Crippen LogP contribution in [0.5, 0.6) is 0 Å². The molecule has 0 radical (unpaired) electrons. The van der Waals surface area contributed by atoms with Gasteiger partial charge in [0.1, 0.15) is 5.60 Å². The Bertz CT molecular complexity index is 542. The van der Waals surface area contributed by atoms with Gasteiger partial charge < -0.3 is 4.74 Å². The van der Waals surface area contributed by atoms with Gasteiger partial charge in [0.15, 0.2) is 11.6 Å². The molecule has 0 aliphatic heterocycles. The molecule has 0 aromatic carbocycles. The van der Waals surface area contributed by atoms with Crippen LogP contribution in [-0.2, 0) is 14.3 Å². The first-order chi connectivity index (χ1) is 10.9. The molecule has 1 N–H and O–H groups in total. The van der Waals surface area contributed by atoms with E-state index in [4.69, 9.17) is 4.74 Å². The minimum Gasteiger partial charge on any atom is -0.442 e. The summed E-state index contributed by atoms with van der Waals surface area (Å²) in [5.74, 6) is -0.613. The number of carbonyl (C=O) groups excluding carboxylic acids is 3. The summed E-state index contributed by atoms with van der Waals surface area (Å²) in [6.07, 6.45) is 1.06. The number of nitrogens with zero attached hydrogens (tertiary/aromatic N) is 1. The Labute approximate surface area is 144 Å². The Morgan fingerprint density at radius 2 is 1.71 bits per heavy atom. The largest absolute Gasteiger partial charge is 0.442 e. The van der Waals surface area contributed by atoms with Crippen molar-refractivity contribution in [3.05, 3.63) is 11.3 Å². The van der Waals surface area contributed by atoms with Crippen LogP contribution < -0.4 is 5.43 Å². The molecule has 6 nitrogen and oxygen atoms in total. The van der Waals surface area contributed by atoms with Crippen molar-refractivity contribution < 1.29 is 19.1 Å². The number of rotatable bonds is 5. The average Bonchev–Trinajstić information content (AvgIpc) is 2.41. The van der Waals surface area contributed by atoms with Crippen LogP contribution in [0.1, 0.15) is 67.7 Å². The zero-order valence-electron chi connectivity index (χ0n) is 15.9. The van der Waals surface area contributed by atoms with Gasteiger partial charge in [0.2, 0.25) is 0 Å². The van der Waals surface area contributed by atoms with Gasteiger partial charge in [-0.3, -0.25) is 15.0 Å². The Balaban J connectivity index is 3.13. The molecule has 0 unspecified atom stereocenters. The molecule has 0 spiro atoms. The Morgan fingerprint density at radius 1 is 1.12 bits per heavy atom. The van der Waals surface area contributed by atoms with E-state index in [1.807, 2.05) is 13.8 Å². The van der Waals surface area contributed by atoms with Gasteiger partial charge in [-0.15, -0.1) is 0 Å². The molecular formula is C18H30N2O4. The van der Waals surface area contributed by atoms with Gasteiger partial charge in [0.05, 0.1) is 11.6 Å². The molecular weight excluding hydrogens is 308 g/mol. The highest BCUT2D eigenvalue weighted by molar-refractivity contribution is 6.21. The number of ketones is 2. The topological polar surface area (TPSA) is 75.7 Å². The molecule has 0 fully saturated rings. The molecule has 136 valence electrons. The summed E-state index contributed by atoms with van der Waals surface area (Å²) < 4.78 is 5.40. The van der Waals surface area contributed by atoms with E-state index in [0.29, 0.717) is 25.0 Å². The van der Waals surface area contributed by atoms with Gasteiger partial charge >= 0.3 is 6.09 Å². The molecule has 24 heavy (non-hydrogen) atoms. The third kappa shape index (κ3) is 5.35. The third-order valence-corrected chi connectivity index (χ3v) is 3.54. The summed E-state index contributed by atoms with van der Waals surface area (Å²) in [6.45, 7) is 12.6. The summed E-state index contributed by atoms with van der Waals surface area (Å²) in [6, 6.07) is -0.195. The molecule has 0 saturated heterocycles. The van der Waals surface area contributed by atoms with E-state index in [2.05, 4.69) is 5.43 Å². The van der Waals surface area contributed by atoms with Crippen LogP contribution in [0.3, 0.4) is 0 Å². The predicted octanol–water partition coefficient (Wildman–Crippen LogP) is 3.37. The second-order valence-corrected chi connectivity index (χ2v) is 7.71. The smallest absolute Gasteiger partial charge is 0.429 e. The van der Waals surface area contributed by atoms with Crippen LogP contribution in [0.25, 0.3) is 0 Å². The number of hydrogen-bond donors (Lipinski definition) is 1. The standard InChI is InChI=1S/C18H30N2O4/c1-11(2)16(22)15-13(9-8-10-14(15)21)19-20(12(3)4)17(23)24-18(5,6)7/h11-12,19H,8-10H2,1-7H3. The van der Waals surface area contributed by atoms with Gasteiger partial charge in [-0.1, -0.05) is 13.8 Å². The Hall–Kier alpha value is -1.85. The summed E-state index contributed by atoms with van der Waals surface area (Å²) in [4.78, 5) is 37.1. The highest BCUT2D eigenvalue weighted by Crippen LogP contribution is 2.24. The van der Waals surface area contributed by atoms with Crippen molar-refractivity contribution in [3.8, 4) is 0 Å². The SMILES string of the molecule is CC(C)C(=O)C1=C(NN(C(=O)OC(C)(C)C)C(C)C)CCCC1=O.